The standard InChI is InChI=1S/C23H27N3O2S2/c1-4-5-6-16-7-12-19-20(13-16)30-23(24-19)26-22(29)25-21(27)17-8-10-18(11-9-17)28-14-15(2)3/h7-13,15H,4-6,14H2,1-3H3,(H2,24,25,26,27,29). The Morgan fingerprint density at radius 3 is 2.67 bits per heavy atom. The zero-order valence-corrected chi connectivity index (χ0v) is 19.2. The van der Waals surface area contributed by atoms with Crippen LogP contribution in [0.3, 0.4) is 0 Å². The molecule has 0 spiro atoms. The third-order valence-corrected chi connectivity index (χ3v) is 5.56. The number of thiazole rings is 1. The van der Waals surface area contributed by atoms with Crippen LogP contribution < -0.4 is 15.4 Å². The van der Waals surface area contributed by atoms with Crippen LogP contribution in [0.5, 0.6) is 5.75 Å². The number of ether oxygens (including phenoxy) is 1. The van der Waals surface area contributed by atoms with Crippen LogP contribution in [0.2, 0.25) is 0 Å². The van der Waals surface area contributed by atoms with Crippen molar-refractivity contribution in [2.24, 2.45) is 5.92 Å². The number of carbonyl (C=O) groups excluding carboxylic acids is 1. The Labute approximate surface area is 186 Å². The smallest absolute Gasteiger partial charge is 0.257 e. The SMILES string of the molecule is CCCCc1ccc2nc(NC(=S)NC(=O)c3ccc(OCC(C)C)cc3)sc2c1. The molecule has 0 saturated carbocycles. The number of carbonyl (C=O) groups is 1. The van der Waals surface area contributed by atoms with Crippen molar-refractivity contribution in [1.29, 1.82) is 0 Å². The highest BCUT2D eigenvalue weighted by atomic mass is 32.1. The molecule has 2 N–H and O–H groups in total. The third kappa shape index (κ3) is 6.24. The van der Waals surface area contributed by atoms with Gasteiger partial charge in [0.15, 0.2) is 10.2 Å². The molecule has 1 aromatic heterocycles. The summed E-state index contributed by atoms with van der Waals surface area (Å²) in [4.78, 5) is 17.0. The lowest BCUT2D eigenvalue weighted by Gasteiger charge is -2.10. The largest absolute Gasteiger partial charge is 0.493 e. The Bertz CT molecular complexity index is 1010. The van der Waals surface area contributed by atoms with Gasteiger partial charge in [-0.15, -0.1) is 0 Å². The van der Waals surface area contributed by atoms with Crippen LogP contribution in [0.25, 0.3) is 10.2 Å². The Balaban J connectivity index is 1.57. The summed E-state index contributed by atoms with van der Waals surface area (Å²) in [5.41, 5.74) is 2.76. The van der Waals surface area contributed by atoms with Gasteiger partial charge < -0.3 is 10.1 Å². The van der Waals surface area contributed by atoms with E-state index in [9.17, 15) is 4.79 Å². The van der Waals surface area contributed by atoms with Crippen LogP contribution in [0, 0.1) is 5.92 Å². The number of amides is 1. The first-order chi connectivity index (χ1) is 14.4. The molecule has 0 unspecified atom stereocenters. The number of nitrogens with zero attached hydrogens (tertiary/aromatic N) is 1. The number of benzene rings is 2. The van der Waals surface area contributed by atoms with Gasteiger partial charge in [-0.1, -0.05) is 44.6 Å². The lowest BCUT2D eigenvalue weighted by molar-refractivity contribution is 0.0977. The van der Waals surface area contributed by atoms with Gasteiger partial charge in [-0.3, -0.25) is 10.1 Å². The fourth-order valence-corrected chi connectivity index (χ4v) is 4.02. The Kier molecular flexibility index (Phi) is 7.76. The summed E-state index contributed by atoms with van der Waals surface area (Å²) in [5, 5.41) is 6.62. The summed E-state index contributed by atoms with van der Waals surface area (Å²) < 4.78 is 6.75. The van der Waals surface area contributed by atoms with E-state index >= 15 is 0 Å². The number of hydrogen-bond donors (Lipinski definition) is 2. The highest BCUT2D eigenvalue weighted by Gasteiger charge is 2.11. The minimum atomic E-state index is -0.272. The maximum Gasteiger partial charge on any atom is 0.257 e. The second-order valence-electron chi connectivity index (χ2n) is 7.56. The third-order valence-electron chi connectivity index (χ3n) is 4.42. The maximum absolute atomic E-state index is 12.4. The highest BCUT2D eigenvalue weighted by Crippen LogP contribution is 2.27. The van der Waals surface area contributed by atoms with Gasteiger partial charge in [0.1, 0.15) is 5.75 Å². The lowest BCUT2D eigenvalue weighted by Crippen LogP contribution is -2.34. The van der Waals surface area contributed by atoms with E-state index in [2.05, 4.69) is 48.5 Å². The molecule has 0 aliphatic heterocycles. The summed E-state index contributed by atoms with van der Waals surface area (Å²) in [5.74, 6) is 0.918. The summed E-state index contributed by atoms with van der Waals surface area (Å²) in [6, 6.07) is 13.4. The van der Waals surface area contributed by atoms with E-state index in [4.69, 9.17) is 17.0 Å². The van der Waals surface area contributed by atoms with E-state index in [1.165, 1.54) is 29.7 Å². The number of aryl methyl sites for hydroxylation is 1. The molecule has 0 aliphatic rings. The van der Waals surface area contributed by atoms with Crippen molar-refractivity contribution >= 4 is 49.9 Å². The second kappa shape index (κ2) is 10.5. The van der Waals surface area contributed by atoms with Gasteiger partial charge in [0.05, 0.1) is 16.8 Å². The molecule has 0 atom stereocenters. The van der Waals surface area contributed by atoms with E-state index in [0.29, 0.717) is 23.2 Å². The molecule has 0 fully saturated rings. The normalized spacial score (nSPS) is 10.9. The molecule has 158 valence electrons. The molecule has 5 nitrogen and oxygen atoms in total. The van der Waals surface area contributed by atoms with E-state index in [0.717, 1.165) is 22.4 Å². The Morgan fingerprint density at radius 1 is 1.20 bits per heavy atom. The first kappa shape index (κ1) is 22.2. The van der Waals surface area contributed by atoms with Crippen molar-refractivity contribution in [1.82, 2.24) is 10.3 Å². The minimum absolute atomic E-state index is 0.227. The molecule has 3 aromatic rings. The first-order valence-electron chi connectivity index (χ1n) is 10.2. The first-order valence-corrected chi connectivity index (χ1v) is 11.4. The zero-order valence-electron chi connectivity index (χ0n) is 17.5. The predicted molar refractivity (Wildman–Crippen MR) is 129 cm³/mol. The van der Waals surface area contributed by atoms with Crippen LogP contribution in [0.15, 0.2) is 42.5 Å². The molecule has 2 aromatic carbocycles. The number of fused-ring (bicyclic) bond motifs is 1. The van der Waals surface area contributed by atoms with Crippen LogP contribution in [-0.4, -0.2) is 22.6 Å². The van der Waals surface area contributed by atoms with Gasteiger partial charge in [-0.05, 0) is 72.9 Å². The summed E-state index contributed by atoms with van der Waals surface area (Å²) >= 11 is 6.82. The summed E-state index contributed by atoms with van der Waals surface area (Å²) in [6.07, 6.45) is 3.43. The monoisotopic (exact) mass is 441 g/mol. The van der Waals surface area contributed by atoms with E-state index < -0.39 is 0 Å². The van der Waals surface area contributed by atoms with Gasteiger partial charge in [0.25, 0.3) is 5.91 Å². The zero-order chi connectivity index (χ0) is 21.5. The topological polar surface area (TPSA) is 63.2 Å². The lowest BCUT2D eigenvalue weighted by atomic mass is 10.1. The Morgan fingerprint density at radius 2 is 1.97 bits per heavy atom. The van der Waals surface area contributed by atoms with Crippen molar-refractivity contribution in [3.8, 4) is 5.75 Å². The molecule has 0 saturated heterocycles. The number of rotatable bonds is 8. The number of nitrogens with one attached hydrogen (secondary N) is 2. The van der Waals surface area contributed by atoms with Crippen LogP contribution in [-0.2, 0) is 6.42 Å². The molecule has 3 rings (SSSR count). The van der Waals surface area contributed by atoms with Crippen molar-refractivity contribution in [2.45, 2.75) is 40.0 Å². The molecule has 1 heterocycles. The molecule has 0 bridgehead atoms. The molecular weight excluding hydrogens is 414 g/mol. The molecule has 0 aliphatic carbocycles. The van der Waals surface area contributed by atoms with E-state index in [1.54, 1.807) is 24.3 Å². The molecule has 0 radical (unpaired) electrons. The maximum atomic E-state index is 12.4. The van der Waals surface area contributed by atoms with Gasteiger partial charge in [-0.2, -0.15) is 0 Å². The second-order valence-corrected chi connectivity index (χ2v) is 9.00. The van der Waals surface area contributed by atoms with Gasteiger partial charge >= 0.3 is 0 Å². The minimum Gasteiger partial charge on any atom is -0.493 e. The van der Waals surface area contributed by atoms with E-state index in [-0.39, 0.29) is 11.0 Å². The average Bonchev–Trinajstić information content (AvgIpc) is 3.12. The van der Waals surface area contributed by atoms with Crippen LogP contribution in [0.1, 0.15) is 49.5 Å². The van der Waals surface area contributed by atoms with Crippen molar-refractivity contribution in [3.05, 3.63) is 53.6 Å². The summed E-state index contributed by atoms with van der Waals surface area (Å²) in [7, 11) is 0. The fraction of sp³-hybridized carbons (Fsp3) is 0.348. The highest BCUT2D eigenvalue weighted by molar-refractivity contribution is 7.80. The number of anilines is 1. The molecule has 1 amide bonds. The van der Waals surface area contributed by atoms with Crippen LogP contribution in [0.4, 0.5) is 5.13 Å². The number of aromatic nitrogens is 1. The van der Waals surface area contributed by atoms with E-state index in [1.807, 2.05) is 6.07 Å². The quantitative estimate of drug-likeness (QED) is 0.433. The number of thiocarbonyl (C=S) groups is 1. The van der Waals surface area contributed by atoms with Crippen molar-refractivity contribution in [3.63, 3.8) is 0 Å². The molecule has 7 heteroatoms. The Hall–Kier alpha value is -2.51. The van der Waals surface area contributed by atoms with Crippen molar-refractivity contribution < 1.29 is 9.53 Å². The average molecular weight is 442 g/mol. The number of unbranched alkanes of at least 4 members (excludes halogenated alkanes) is 1. The van der Waals surface area contributed by atoms with Gasteiger partial charge in [0.2, 0.25) is 0 Å². The van der Waals surface area contributed by atoms with Gasteiger partial charge in [-0.25, -0.2) is 4.98 Å². The summed E-state index contributed by atoms with van der Waals surface area (Å²) in [6.45, 7) is 7.01. The molecule has 30 heavy (non-hydrogen) atoms. The predicted octanol–water partition coefficient (Wildman–Crippen LogP) is 5.80. The molecular formula is C23H27N3O2S2. The van der Waals surface area contributed by atoms with Gasteiger partial charge in [0, 0.05) is 5.56 Å². The van der Waals surface area contributed by atoms with Crippen LogP contribution >= 0.6 is 23.6 Å². The fourth-order valence-electron chi connectivity index (χ4n) is 2.83. The number of hydrogen-bond acceptors (Lipinski definition) is 5. The van der Waals surface area contributed by atoms with Crippen molar-refractivity contribution in [2.75, 3.05) is 11.9 Å².